The minimum Gasteiger partial charge on any atom is -0.479 e. The molecule has 6 nitrogen and oxygen atoms in total. The molecule has 0 radical (unpaired) electrons. The molecule has 1 amide bonds. The zero-order chi connectivity index (χ0) is 19.4. The SMILES string of the molecule is CC[C@](NC(=O)Cn1ccc(=O)c2ccccc21)(C(=O)O)c1ccccc1. The zero-order valence-electron chi connectivity index (χ0n) is 14.9. The number of fused-ring (bicyclic) bond motifs is 1. The van der Waals surface area contributed by atoms with Crippen molar-refractivity contribution in [2.45, 2.75) is 25.4 Å². The Hall–Kier alpha value is -3.41. The molecule has 2 N–H and O–H groups in total. The number of rotatable bonds is 6. The van der Waals surface area contributed by atoms with Gasteiger partial charge in [0.05, 0.1) is 5.52 Å². The number of carboxylic acids is 1. The first-order valence-corrected chi connectivity index (χ1v) is 8.66. The number of nitrogens with one attached hydrogen (secondary N) is 1. The van der Waals surface area contributed by atoms with Crippen LogP contribution in [0.15, 0.2) is 71.7 Å². The summed E-state index contributed by atoms with van der Waals surface area (Å²) in [5, 5.41) is 13.0. The van der Waals surface area contributed by atoms with Crippen molar-refractivity contribution in [1.29, 1.82) is 0 Å². The van der Waals surface area contributed by atoms with Crippen LogP contribution in [0.4, 0.5) is 0 Å². The van der Waals surface area contributed by atoms with E-state index in [4.69, 9.17) is 0 Å². The van der Waals surface area contributed by atoms with E-state index >= 15 is 0 Å². The van der Waals surface area contributed by atoms with E-state index in [1.165, 1.54) is 6.07 Å². The fraction of sp³-hybridized carbons (Fsp3) is 0.190. The lowest BCUT2D eigenvalue weighted by Gasteiger charge is -2.30. The summed E-state index contributed by atoms with van der Waals surface area (Å²) in [5.74, 6) is -1.56. The number of carboxylic acid groups (broad SMARTS) is 1. The molecule has 138 valence electrons. The van der Waals surface area contributed by atoms with Gasteiger partial charge in [-0.3, -0.25) is 9.59 Å². The van der Waals surface area contributed by atoms with Crippen molar-refractivity contribution >= 4 is 22.8 Å². The highest BCUT2D eigenvalue weighted by Gasteiger charge is 2.40. The van der Waals surface area contributed by atoms with Crippen LogP contribution in [0.25, 0.3) is 10.9 Å². The lowest BCUT2D eigenvalue weighted by Crippen LogP contribution is -2.52. The van der Waals surface area contributed by atoms with E-state index in [1.54, 1.807) is 72.3 Å². The third-order valence-electron chi connectivity index (χ3n) is 4.71. The summed E-state index contributed by atoms with van der Waals surface area (Å²) >= 11 is 0. The number of pyridine rings is 1. The maximum atomic E-state index is 12.7. The maximum absolute atomic E-state index is 12.7. The summed E-state index contributed by atoms with van der Waals surface area (Å²) in [5.41, 5.74) is -0.497. The number of carbonyl (C=O) groups is 2. The Labute approximate surface area is 156 Å². The second-order valence-corrected chi connectivity index (χ2v) is 6.30. The Kier molecular flexibility index (Phi) is 5.07. The van der Waals surface area contributed by atoms with Crippen molar-refractivity contribution < 1.29 is 14.7 Å². The molecule has 0 saturated carbocycles. The number of aliphatic carboxylic acids is 1. The van der Waals surface area contributed by atoms with Gasteiger partial charge in [0.25, 0.3) is 0 Å². The molecule has 0 aliphatic heterocycles. The van der Waals surface area contributed by atoms with Crippen LogP contribution in [0.5, 0.6) is 0 Å². The average Bonchev–Trinajstić information content (AvgIpc) is 2.69. The van der Waals surface area contributed by atoms with Crippen LogP contribution in [0.2, 0.25) is 0 Å². The molecule has 0 aliphatic carbocycles. The van der Waals surface area contributed by atoms with Crippen LogP contribution in [0.3, 0.4) is 0 Å². The minimum atomic E-state index is -1.51. The van der Waals surface area contributed by atoms with E-state index in [-0.39, 0.29) is 18.4 Å². The number of hydrogen-bond donors (Lipinski definition) is 2. The quantitative estimate of drug-likeness (QED) is 0.703. The molecule has 27 heavy (non-hydrogen) atoms. The first kappa shape index (κ1) is 18.4. The summed E-state index contributed by atoms with van der Waals surface area (Å²) in [4.78, 5) is 36.7. The highest BCUT2D eigenvalue weighted by Crippen LogP contribution is 2.25. The largest absolute Gasteiger partial charge is 0.479 e. The van der Waals surface area contributed by atoms with Gasteiger partial charge in [0.15, 0.2) is 11.0 Å². The molecule has 1 heterocycles. The van der Waals surface area contributed by atoms with Gasteiger partial charge in [0, 0.05) is 17.6 Å². The molecule has 3 aromatic rings. The molecular formula is C21H20N2O4. The van der Waals surface area contributed by atoms with Gasteiger partial charge in [-0.05, 0) is 24.1 Å². The minimum absolute atomic E-state index is 0.0946. The number of para-hydroxylation sites is 1. The Morgan fingerprint density at radius 1 is 1.04 bits per heavy atom. The van der Waals surface area contributed by atoms with Crippen LogP contribution in [0.1, 0.15) is 18.9 Å². The molecule has 1 aromatic heterocycles. The number of nitrogens with zero attached hydrogens (tertiary/aromatic N) is 1. The second-order valence-electron chi connectivity index (χ2n) is 6.30. The molecule has 2 aromatic carbocycles. The smallest absolute Gasteiger partial charge is 0.334 e. The van der Waals surface area contributed by atoms with Crippen molar-refractivity contribution in [2.24, 2.45) is 0 Å². The summed E-state index contributed by atoms with van der Waals surface area (Å²) < 4.78 is 1.64. The lowest BCUT2D eigenvalue weighted by atomic mass is 9.87. The first-order chi connectivity index (χ1) is 13.0. The van der Waals surface area contributed by atoms with Crippen molar-refractivity contribution in [3.8, 4) is 0 Å². The predicted molar refractivity (Wildman–Crippen MR) is 102 cm³/mol. The molecule has 0 aliphatic rings. The molecule has 3 rings (SSSR count). The summed E-state index contributed by atoms with van der Waals surface area (Å²) in [7, 11) is 0. The van der Waals surface area contributed by atoms with E-state index in [2.05, 4.69) is 5.32 Å². The molecule has 1 atom stereocenters. The van der Waals surface area contributed by atoms with E-state index in [0.717, 1.165) is 0 Å². The number of carbonyl (C=O) groups excluding carboxylic acids is 1. The van der Waals surface area contributed by atoms with Gasteiger partial charge in [0.1, 0.15) is 6.54 Å². The van der Waals surface area contributed by atoms with Crippen molar-refractivity contribution in [1.82, 2.24) is 9.88 Å². The molecule has 0 spiro atoms. The Bertz CT molecular complexity index is 1040. The summed E-state index contributed by atoms with van der Waals surface area (Å²) in [6.45, 7) is 1.62. The standard InChI is InChI=1S/C21H20N2O4/c1-2-21(20(26)27,15-8-4-3-5-9-15)22-19(25)14-23-13-12-18(24)16-10-6-7-11-17(16)23/h3-13H,2,14H2,1H3,(H,22,25)(H,26,27)/t21-/m1/s1. The van der Waals surface area contributed by atoms with E-state index in [1.807, 2.05) is 0 Å². The van der Waals surface area contributed by atoms with Crippen LogP contribution in [0, 0.1) is 0 Å². The summed E-state index contributed by atoms with van der Waals surface area (Å²) in [6, 6.07) is 17.0. The molecular weight excluding hydrogens is 344 g/mol. The van der Waals surface area contributed by atoms with Gasteiger partial charge in [-0.15, -0.1) is 0 Å². The van der Waals surface area contributed by atoms with Crippen molar-refractivity contribution in [3.05, 3.63) is 82.6 Å². The number of benzene rings is 2. The summed E-state index contributed by atoms with van der Waals surface area (Å²) in [6.07, 6.45) is 1.74. The third kappa shape index (κ3) is 3.46. The van der Waals surface area contributed by atoms with Gasteiger partial charge in [-0.2, -0.15) is 0 Å². The fourth-order valence-corrected chi connectivity index (χ4v) is 3.25. The van der Waals surface area contributed by atoms with Crippen molar-refractivity contribution in [3.63, 3.8) is 0 Å². The van der Waals surface area contributed by atoms with E-state index in [0.29, 0.717) is 16.5 Å². The van der Waals surface area contributed by atoms with E-state index < -0.39 is 17.4 Å². The van der Waals surface area contributed by atoms with Crippen LogP contribution >= 0.6 is 0 Å². The third-order valence-corrected chi connectivity index (χ3v) is 4.71. The lowest BCUT2D eigenvalue weighted by molar-refractivity contribution is -0.148. The molecule has 0 saturated heterocycles. The molecule has 6 heteroatoms. The molecule has 0 fully saturated rings. The van der Waals surface area contributed by atoms with Gasteiger partial charge in [-0.1, -0.05) is 49.4 Å². The van der Waals surface area contributed by atoms with Gasteiger partial charge >= 0.3 is 5.97 Å². The van der Waals surface area contributed by atoms with E-state index in [9.17, 15) is 19.5 Å². The maximum Gasteiger partial charge on any atom is 0.334 e. The average molecular weight is 364 g/mol. The molecule has 0 unspecified atom stereocenters. The Morgan fingerprint density at radius 2 is 1.70 bits per heavy atom. The number of aromatic nitrogens is 1. The monoisotopic (exact) mass is 364 g/mol. The van der Waals surface area contributed by atoms with Crippen LogP contribution in [-0.4, -0.2) is 21.6 Å². The van der Waals surface area contributed by atoms with Gasteiger partial charge < -0.3 is 15.0 Å². The zero-order valence-corrected chi connectivity index (χ0v) is 14.9. The van der Waals surface area contributed by atoms with Gasteiger partial charge in [-0.25, -0.2) is 4.79 Å². The Morgan fingerprint density at radius 3 is 2.37 bits per heavy atom. The van der Waals surface area contributed by atoms with Crippen LogP contribution in [-0.2, 0) is 21.7 Å². The predicted octanol–water partition coefficient (Wildman–Crippen LogP) is 2.51. The second kappa shape index (κ2) is 7.45. The highest BCUT2D eigenvalue weighted by molar-refractivity contribution is 5.89. The Balaban J connectivity index is 1.93. The van der Waals surface area contributed by atoms with Gasteiger partial charge in [0.2, 0.25) is 5.91 Å². The first-order valence-electron chi connectivity index (χ1n) is 8.66. The number of amides is 1. The normalized spacial score (nSPS) is 13.1. The number of hydrogen-bond acceptors (Lipinski definition) is 3. The fourth-order valence-electron chi connectivity index (χ4n) is 3.25. The highest BCUT2D eigenvalue weighted by atomic mass is 16.4. The van der Waals surface area contributed by atoms with Crippen LogP contribution < -0.4 is 10.7 Å². The van der Waals surface area contributed by atoms with Crippen molar-refractivity contribution in [2.75, 3.05) is 0 Å². The molecule has 0 bridgehead atoms. The topological polar surface area (TPSA) is 88.4 Å².